The normalized spacial score (nSPS) is 13.5. The Kier molecular flexibility index (Phi) is 10.5. The van der Waals surface area contributed by atoms with Crippen molar-refractivity contribution in [1.82, 2.24) is 15.1 Å². The maximum atomic E-state index is 13.9. The van der Waals surface area contributed by atoms with Crippen LogP contribution < -0.4 is 5.32 Å². The first kappa shape index (κ1) is 34.3. The van der Waals surface area contributed by atoms with Crippen LogP contribution in [0.25, 0.3) is 10.9 Å². The van der Waals surface area contributed by atoms with Gasteiger partial charge in [-0.3, -0.25) is 14.3 Å². The Labute approximate surface area is 270 Å². The lowest BCUT2D eigenvalue weighted by Crippen LogP contribution is -2.29. The van der Waals surface area contributed by atoms with E-state index in [0.717, 1.165) is 29.7 Å². The molecule has 0 bridgehead atoms. The molecular formula is C34H36Cl2F3N3O3. The molecule has 0 radical (unpaired) electrons. The third-order valence-corrected chi connectivity index (χ3v) is 7.97. The third-order valence-electron chi connectivity index (χ3n) is 7.43. The fraction of sp³-hybridized carbons (Fsp3) is 0.382. The molecule has 4 rings (SSSR count). The van der Waals surface area contributed by atoms with E-state index < -0.39 is 29.2 Å². The fourth-order valence-electron chi connectivity index (χ4n) is 5.55. The van der Waals surface area contributed by atoms with Crippen molar-refractivity contribution in [3.8, 4) is 0 Å². The van der Waals surface area contributed by atoms with Gasteiger partial charge < -0.3 is 10.1 Å². The molecule has 6 nitrogen and oxygen atoms in total. The van der Waals surface area contributed by atoms with E-state index in [1.165, 1.54) is 0 Å². The van der Waals surface area contributed by atoms with Gasteiger partial charge in [-0.05, 0) is 80.6 Å². The summed E-state index contributed by atoms with van der Waals surface area (Å²) in [4.78, 5) is 24.8. The van der Waals surface area contributed by atoms with Crippen LogP contribution in [0, 0.1) is 0 Å². The lowest BCUT2D eigenvalue weighted by molar-refractivity contribution is -0.154. The summed E-state index contributed by atoms with van der Waals surface area (Å²) in [5.74, 6) is -1.36. The monoisotopic (exact) mass is 661 g/mol. The van der Waals surface area contributed by atoms with E-state index in [4.69, 9.17) is 27.9 Å². The number of aromatic nitrogens is 2. The number of aryl methyl sites for hydroxylation is 1. The first-order chi connectivity index (χ1) is 21.1. The zero-order valence-electron chi connectivity index (χ0n) is 25.8. The van der Waals surface area contributed by atoms with Gasteiger partial charge in [0.1, 0.15) is 11.1 Å². The van der Waals surface area contributed by atoms with Crippen molar-refractivity contribution in [1.29, 1.82) is 0 Å². The number of alkyl halides is 3. The van der Waals surface area contributed by atoms with E-state index in [9.17, 15) is 22.8 Å². The molecule has 3 aromatic carbocycles. The molecule has 2 atom stereocenters. The maximum Gasteiger partial charge on any atom is 0.416 e. The van der Waals surface area contributed by atoms with Crippen LogP contribution in [-0.2, 0) is 22.8 Å². The molecule has 0 aliphatic carbocycles. The van der Waals surface area contributed by atoms with E-state index in [1.807, 2.05) is 31.2 Å². The molecule has 0 saturated heterocycles. The Morgan fingerprint density at radius 2 is 1.60 bits per heavy atom. The van der Waals surface area contributed by atoms with Crippen molar-refractivity contribution in [2.24, 2.45) is 7.05 Å². The van der Waals surface area contributed by atoms with Gasteiger partial charge in [0.2, 0.25) is 0 Å². The van der Waals surface area contributed by atoms with Crippen molar-refractivity contribution in [3.63, 3.8) is 0 Å². The fourth-order valence-corrected chi connectivity index (χ4v) is 5.93. The molecule has 11 heteroatoms. The molecule has 1 aromatic heterocycles. The average molecular weight is 663 g/mol. The van der Waals surface area contributed by atoms with Crippen LogP contribution in [0.1, 0.15) is 91.5 Å². The first-order valence-corrected chi connectivity index (χ1v) is 15.4. The summed E-state index contributed by atoms with van der Waals surface area (Å²) in [5.41, 5.74) is 1.57. The van der Waals surface area contributed by atoms with Crippen molar-refractivity contribution in [2.45, 2.75) is 70.6 Å². The predicted molar refractivity (Wildman–Crippen MR) is 171 cm³/mol. The summed E-state index contributed by atoms with van der Waals surface area (Å²) in [7, 11) is 1.70. The number of hydrogen-bond acceptors (Lipinski definition) is 4. The Bertz CT molecular complexity index is 1660. The quantitative estimate of drug-likeness (QED) is 0.172. The molecule has 1 heterocycles. The van der Waals surface area contributed by atoms with Crippen molar-refractivity contribution in [3.05, 3.63) is 98.7 Å². The first-order valence-electron chi connectivity index (χ1n) is 14.7. The van der Waals surface area contributed by atoms with E-state index in [1.54, 1.807) is 56.8 Å². The van der Waals surface area contributed by atoms with E-state index in [0.29, 0.717) is 28.1 Å². The molecule has 240 valence electrons. The number of carbonyl (C=O) groups excluding carboxylic acids is 2. The Morgan fingerprint density at radius 1 is 0.978 bits per heavy atom. The maximum absolute atomic E-state index is 13.9. The average Bonchev–Trinajstić information content (AvgIpc) is 3.28. The predicted octanol–water partition coefficient (Wildman–Crippen LogP) is 9.08. The summed E-state index contributed by atoms with van der Waals surface area (Å²) in [6.07, 6.45) is -3.08. The highest BCUT2D eigenvalue weighted by Gasteiger charge is 2.35. The molecular weight excluding hydrogens is 626 g/mol. The van der Waals surface area contributed by atoms with Crippen LogP contribution >= 0.6 is 23.2 Å². The van der Waals surface area contributed by atoms with Gasteiger partial charge in [0.25, 0.3) is 5.91 Å². The van der Waals surface area contributed by atoms with E-state index in [-0.39, 0.29) is 35.3 Å². The summed E-state index contributed by atoms with van der Waals surface area (Å²) in [5, 5.41) is 8.06. The summed E-state index contributed by atoms with van der Waals surface area (Å²) >= 11 is 12.6. The minimum atomic E-state index is -4.59. The number of rotatable bonds is 10. The van der Waals surface area contributed by atoms with Crippen LogP contribution in [0.3, 0.4) is 0 Å². The minimum Gasteiger partial charge on any atom is -0.460 e. The number of carbonyl (C=O) groups is 2. The van der Waals surface area contributed by atoms with Crippen LogP contribution in [0.15, 0.2) is 60.7 Å². The van der Waals surface area contributed by atoms with Gasteiger partial charge in [0.05, 0.1) is 22.7 Å². The second-order valence-electron chi connectivity index (χ2n) is 12.0. The molecule has 1 amide bonds. The van der Waals surface area contributed by atoms with Crippen LogP contribution in [0.2, 0.25) is 10.0 Å². The van der Waals surface area contributed by atoms with Gasteiger partial charge in [-0.1, -0.05) is 60.8 Å². The lowest BCUT2D eigenvalue weighted by Gasteiger charge is -2.29. The molecule has 4 aromatic rings. The zero-order chi connectivity index (χ0) is 33.1. The Hall–Kier alpha value is -3.56. The summed E-state index contributed by atoms with van der Waals surface area (Å²) in [6, 6.07) is 16.4. The largest absolute Gasteiger partial charge is 0.460 e. The molecule has 0 aliphatic heterocycles. The number of halogens is 5. The van der Waals surface area contributed by atoms with E-state index in [2.05, 4.69) is 10.4 Å². The molecule has 0 fully saturated rings. The summed E-state index contributed by atoms with van der Waals surface area (Å²) < 4.78 is 48.5. The number of esters is 1. The van der Waals surface area contributed by atoms with Gasteiger partial charge in [0.15, 0.2) is 0 Å². The standard InChI is InChI=1S/C34H36Cl2F3N3O3/c1-6-7-25(20-8-10-22(11-9-20)32(44)40-17-16-28(43)45-33(2,3)4)29(21-12-14-24(35)15-13-21)31-26-18-23(34(37,38)39)19-27(36)30(26)41-42(31)5/h8-15,18-19,25,29H,6-7,16-17H2,1-5H3,(H,40,44). The highest BCUT2D eigenvalue weighted by Crippen LogP contribution is 2.46. The number of nitrogens with zero attached hydrogens (tertiary/aromatic N) is 2. The highest BCUT2D eigenvalue weighted by atomic mass is 35.5. The molecule has 45 heavy (non-hydrogen) atoms. The number of hydrogen-bond donors (Lipinski definition) is 1. The smallest absolute Gasteiger partial charge is 0.416 e. The molecule has 0 spiro atoms. The summed E-state index contributed by atoms with van der Waals surface area (Å²) in [6.45, 7) is 7.50. The number of amides is 1. The van der Waals surface area contributed by atoms with Crippen LogP contribution in [0.5, 0.6) is 0 Å². The van der Waals surface area contributed by atoms with E-state index >= 15 is 0 Å². The zero-order valence-corrected chi connectivity index (χ0v) is 27.3. The second-order valence-corrected chi connectivity index (χ2v) is 12.8. The topological polar surface area (TPSA) is 73.2 Å². The highest BCUT2D eigenvalue weighted by molar-refractivity contribution is 6.35. The molecule has 2 unspecified atom stereocenters. The number of ether oxygens (including phenoxy) is 1. The van der Waals surface area contributed by atoms with Gasteiger partial charge in [-0.25, -0.2) is 0 Å². The van der Waals surface area contributed by atoms with Gasteiger partial charge in [-0.2, -0.15) is 18.3 Å². The molecule has 1 N–H and O–H groups in total. The Balaban J connectivity index is 1.72. The Morgan fingerprint density at radius 3 is 2.18 bits per heavy atom. The number of nitrogens with one attached hydrogen (secondary N) is 1. The van der Waals surface area contributed by atoms with Gasteiger partial charge in [0, 0.05) is 35.5 Å². The third kappa shape index (κ3) is 8.38. The molecule has 0 aliphatic rings. The SMILES string of the molecule is CCCC(c1ccc(C(=O)NCCC(=O)OC(C)(C)C)cc1)C(c1ccc(Cl)cc1)c1c2cc(C(F)(F)F)cc(Cl)c2nn1C. The van der Waals surface area contributed by atoms with Crippen LogP contribution in [-0.4, -0.2) is 33.8 Å². The minimum absolute atomic E-state index is 0.0428. The number of benzene rings is 3. The van der Waals surface area contributed by atoms with Crippen LogP contribution in [0.4, 0.5) is 13.2 Å². The van der Waals surface area contributed by atoms with Gasteiger partial charge >= 0.3 is 12.1 Å². The number of fused-ring (bicyclic) bond motifs is 1. The van der Waals surface area contributed by atoms with Crippen molar-refractivity contribution < 1.29 is 27.5 Å². The lowest BCUT2D eigenvalue weighted by atomic mass is 9.76. The molecule has 0 saturated carbocycles. The van der Waals surface area contributed by atoms with Crippen molar-refractivity contribution >= 4 is 46.0 Å². The van der Waals surface area contributed by atoms with Crippen molar-refractivity contribution in [2.75, 3.05) is 6.54 Å². The van der Waals surface area contributed by atoms with Gasteiger partial charge in [-0.15, -0.1) is 0 Å². The second kappa shape index (κ2) is 13.8.